The Kier molecular flexibility index (Phi) is 4.30. The van der Waals surface area contributed by atoms with Crippen LogP contribution in [0.25, 0.3) is 0 Å². The third kappa shape index (κ3) is 2.78. The zero-order valence-corrected chi connectivity index (χ0v) is 12.2. The molecule has 4 heteroatoms. The number of aromatic carboxylic acids is 1. The number of benzene rings is 2. The lowest BCUT2D eigenvalue weighted by molar-refractivity contribution is 0.0698. The van der Waals surface area contributed by atoms with Gasteiger partial charge in [-0.2, -0.15) is 0 Å². The van der Waals surface area contributed by atoms with Crippen LogP contribution in [-0.4, -0.2) is 17.6 Å². The molecule has 2 aromatic rings. The van der Waals surface area contributed by atoms with E-state index in [4.69, 9.17) is 11.6 Å². The van der Waals surface area contributed by atoms with E-state index in [-0.39, 0.29) is 10.6 Å². The number of aryl methyl sites for hydroxylation is 1. The van der Waals surface area contributed by atoms with E-state index in [1.807, 2.05) is 43.0 Å². The van der Waals surface area contributed by atoms with Gasteiger partial charge in [0, 0.05) is 12.2 Å². The smallest absolute Gasteiger partial charge is 0.339 e. The molecular formula is C16H16ClNO2. The molecule has 2 aromatic carbocycles. The minimum absolute atomic E-state index is 0.136. The van der Waals surface area contributed by atoms with Crippen molar-refractivity contribution in [2.24, 2.45) is 0 Å². The van der Waals surface area contributed by atoms with Crippen LogP contribution in [0, 0.1) is 6.92 Å². The maximum absolute atomic E-state index is 11.4. The number of carboxylic acids is 1. The summed E-state index contributed by atoms with van der Waals surface area (Å²) >= 11 is 6.03. The van der Waals surface area contributed by atoms with Crippen molar-refractivity contribution in [3.05, 3.63) is 58.6 Å². The fourth-order valence-corrected chi connectivity index (χ4v) is 2.42. The molecule has 0 saturated carbocycles. The lowest BCUT2D eigenvalue weighted by Crippen LogP contribution is -2.19. The lowest BCUT2D eigenvalue weighted by atomic mass is 10.1. The summed E-state index contributed by atoms with van der Waals surface area (Å²) < 4.78 is 0. The molecule has 0 bridgehead atoms. The molecule has 20 heavy (non-hydrogen) atoms. The van der Waals surface area contributed by atoms with Crippen LogP contribution < -0.4 is 4.90 Å². The van der Waals surface area contributed by atoms with Gasteiger partial charge in [0.25, 0.3) is 0 Å². The van der Waals surface area contributed by atoms with Crippen molar-refractivity contribution in [3.63, 3.8) is 0 Å². The van der Waals surface area contributed by atoms with Gasteiger partial charge >= 0.3 is 5.97 Å². The largest absolute Gasteiger partial charge is 0.478 e. The molecule has 0 aliphatic heterocycles. The molecule has 1 N–H and O–H groups in total. The van der Waals surface area contributed by atoms with Crippen LogP contribution in [0.2, 0.25) is 5.02 Å². The quantitative estimate of drug-likeness (QED) is 0.900. The standard InChI is InChI=1S/C16H16ClNO2/c1-3-18(12-9-7-11(2)8-10-12)14-6-4-5-13(17)15(14)16(19)20/h4-10H,3H2,1-2H3,(H,19,20). The van der Waals surface area contributed by atoms with Crippen molar-refractivity contribution < 1.29 is 9.90 Å². The number of carboxylic acid groups (broad SMARTS) is 1. The van der Waals surface area contributed by atoms with Crippen LogP contribution in [0.15, 0.2) is 42.5 Å². The Bertz CT molecular complexity index is 623. The van der Waals surface area contributed by atoms with Crippen molar-refractivity contribution in [3.8, 4) is 0 Å². The van der Waals surface area contributed by atoms with Crippen molar-refractivity contribution in [2.45, 2.75) is 13.8 Å². The monoisotopic (exact) mass is 289 g/mol. The molecule has 0 heterocycles. The number of anilines is 2. The lowest BCUT2D eigenvalue weighted by Gasteiger charge is -2.25. The van der Waals surface area contributed by atoms with E-state index >= 15 is 0 Å². The van der Waals surface area contributed by atoms with Gasteiger partial charge in [-0.3, -0.25) is 0 Å². The van der Waals surface area contributed by atoms with E-state index in [1.54, 1.807) is 18.2 Å². The van der Waals surface area contributed by atoms with Gasteiger partial charge in [-0.05, 0) is 38.1 Å². The summed E-state index contributed by atoms with van der Waals surface area (Å²) in [6.07, 6.45) is 0. The average Bonchev–Trinajstić information content (AvgIpc) is 2.41. The first-order valence-corrected chi connectivity index (χ1v) is 6.78. The van der Waals surface area contributed by atoms with Crippen LogP contribution >= 0.6 is 11.6 Å². The van der Waals surface area contributed by atoms with Crippen LogP contribution in [0.5, 0.6) is 0 Å². The SMILES string of the molecule is CCN(c1ccc(C)cc1)c1cccc(Cl)c1C(=O)O. The molecule has 3 nitrogen and oxygen atoms in total. The first kappa shape index (κ1) is 14.4. The molecule has 0 amide bonds. The number of rotatable bonds is 4. The molecule has 2 rings (SSSR count). The number of nitrogens with zero attached hydrogens (tertiary/aromatic N) is 1. The minimum atomic E-state index is -1.02. The Balaban J connectivity index is 2.55. The molecule has 0 aromatic heterocycles. The predicted octanol–water partition coefficient (Wildman–Crippen LogP) is 4.50. The molecule has 0 unspecified atom stereocenters. The van der Waals surface area contributed by atoms with Gasteiger partial charge in [-0.1, -0.05) is 35.4 Å². The number of hydrogen-bond acceptors (Lipinski definition) is 2. The van der Waals surface area contributed by atoms with Crippen molar-refractivity contribution >= 4 is 28.9 Å². The zero-order valence-electron chi connectivity index (χ0n) is 11.4. The van der Waals surface area contributed by atoms with E-state index in [0.29, 0.717) is 12.2 Å². The molecular weight excluding hydrogens is 274 g/mol. The fraction of sp³-hybridized carbons (Fsp3) is 0.188. The summed E-state index contributed by atoms with van der Waals surface area (Å²) in [4.78, 5) is 13.4. The van der Waals surface area contributed by atoms with Crippen LogP contribution in [0.3, 0.4) is 0 Å². The summed E-state index contributed by atoms with van der Waals surface area (Å²) in [6.45, 7) is 4.65. The van der Waals surface area contributed by atoms with E-state index < -0.39 is 5.97 Å². The molecule has 0 atom stereocenters. The van der Waals surface area contributed by atoms with Crippen LogP contribution in [0.4, 0.5) is 11.4 Å². The second-order valence-corrected chi connectivity index (χ2v) is 4.93. The number of halogens is 1. The molecule has 104 valence electrons. The zero-order chi connectivity index (χ0) is 14.7. The van der Waals surface area contributed by atoms with Crippen molar-refractivity contribution in [1.82, 2.24) is 0 Å². The summed E-state index contributed by atoms with van der Waals surface area (Å²) in [5, 5.41) is 9.62. The van der Waals surface area contributed by atoms with E-state index in [2.05, 4.69) is 0 Å². The highest BCUT2D eigenvalue weighted by Crippen LogP contribution is 2.32. The highest BCUT2D eigenvalue weighted by molar-refractivity contribution is 6.34. The van der Waals surface area contributed by atoms with Gasteiger partial charge in [0.2, 0.25) is 0 Å². The third-order valence-electron chi connectivity index (χ3n) is 3.16. The van der Waals surface area contributed by atoms with Crippen LogP contribution in [-0.2, 0) is 0 Å². The maximum atomic E-state index is 11.4. The highest BCUT2D eigenvalue weighted by Gasteiger charge is 2.19. The minimum Gasteiger partial charge on any atom is -0.478 e. The maximum Gasteiger partial charge on any atom is 0.339 e. The second-order valence-electron chi connectivity index (χ2n) is 4.52. The summed E-state index contributed by atoms with van der Waals surface area (Å²) in [6, 6.07) is 13.1. The molecule has 0 radical (unpaired) electrons. The van der Waals surface area contributed by atoms with Gasteiger partial charge in [-0.25, -0.2) is 4.79 Å². The first-order chi connectivity index (χ1) is 9.54. The number of hydrogen-bond donors (Lipinski definition) is 1. The topological polar surface area (TPSA) is 40.5 Å². The molecule has 0 saturated heterocycles. The van der Waals surface area contributed by atoms with Crippen LogP contribution in [0.1, 0.15) is 22.8 Å². The van der Waals surface area contributed by atoms with Gasteiger partial charge in [0.15, 0.2) is 0 Å². The Morgan fingerprint density at radius 2 is 1.85 bits per heavy atom. The Morgan fingerprint density at radius 1 is 1.20 bits per heavy atom. The number of carbonyl (C=O) groups is 1. The van der Waals surface area contributed by atoms with Gasteiger partial charge in [-0.15, -0.1) is 0 Å². The predicted molar refractivity (Wildman–Crippen MR) is 82.3 cm³/mol. The van der Waals surface area contributed by atoms with E-state index in [0.717, 1.165) is 11.3 Å². The Hall–Kier alpha value is -2.00. The van der Waals surface area contributed by atoms with Crippen molar-refractivity contribution in [2.75, 3.05) is 11.4 Å². The fourth-order valence-electron chi connectivity index (χ4n) is 2.17. The Labute approximate surface area is 123 Å². The van der Waals surface area contributed by atoms with Gasteiger partial charge in [0.1, 0.15) is 5.56 Å². The second kappa shape index (κ2) is 5.97. The Morgan fingerprint density at radius 3 is 2.40 bits per heavy atom. The van der Waals surface area contributed by atoms with Gasteiger partial charge < -0.3 is 10.0 Å². The van der Waals surface area contributed by atoms with Crippen molar-refractivity contribution in [1.29, 1.82) is 0 Å². The molecule has 0 aliphatic carbocycles. The average molecular weight is 290 g/mol. The van der Waals surface area contributed by atoms with E-state index in [1.165, 1.54) is 0 Å². The first-order valence-electron chi connectivity index (χ1n) is 6.40. The van der Waals surface area contributed by atoms with Gasteiger partial charge in [0.05, 0.1) is 10.7 Å². The molecule has 0 aliphatic rings. The molecule has 0 spiro atoms. The summed E-state index contributed by atoms with van der Waals surface area (Å²) in [5.74, 6) is -1.02. The highest BCUT2D eigenvalue weighted by atomic mass is 35.5. The normalized spacial score (nSPS) is 10.3. The molecule has 0 fully saturated rings. The summed E-state index contributed by atoms with van der Waals surface area (Å²) in [7, 11) is 0. The van der Waals surface area contributed by atoms with E-state index in [9.17, 15) is 9.90 Å². The summed E-state index contributed by atoms with van der Waals surface area (Å²) in [5.41, 5.74) is 2.85. The third-order valence-corrected chi connectivity index (χ3v) is 3.47.